The summed E-state index contributed by atoms with van der Waals surface area (Å²) in [5.41, 5.74) is 2.81. The minimum Gasteiger partial charge on any atom is -0.506 e. The van der Waals surface area contributed by atoms with Gasteiger partial charge in [-0.3, -0.25) is 0 Å². The van der Waals surface area contributed by atoms with Gasteiger partial charge in [-0.2, -0.15) is 5.10 Å². The number of aromatic nitrogens is 2. The third-order valence-corrected chi connectivity index (χ3v) is 3.39. The lowest BCUT2D eigenvalue weighted by atomic mass is 10.1. The molecule has 0 unspecified atom stereocenters. The van der Waals surface area contributed by atoms with Gasteiger partial charge in [0.15, 0.2) is 5.69 Å². The largest absolute Gasteiger partial charge is 0.506 e. The molecular weight excluding hydrogens is 280 g/mol. The highest BCUT2D eigenvalue weighted by molar-refractivity contribution is 5.88. The van der Waals surface area contributed by atoms with Crippen molar-refractivity contribution in [1.29, 1.82) is 0 Å². The number of phenolic OH excluding ortho intramolecular Hbond substituents is 1. The van der Waals surface area contributed by atoms with Crippen molar-refractivity contribution >= 4 is 5.97 Å². The van der Waals surface area contributed by atoms with E-state index < -0.39 is 5.97 Å². The molecule has 5 nitrogen and oxygen atoms in total. The second-order valence-corrected chi connectivity index (χ2v) is 4.99. The zero-order valence-electron chi connectivity index (χ0n) is 11.9. The molecule has 0 aliphatic carbocycles. The highest BCUT2D eigenvalue weighted by Gasteiger charge is 2.18. The number of aromatic carboxylic acids is 1. The first kappa shape index (κ1) is 13.9. The number of nitrogens with zero attached hydrogens (tertiary/aromatic N) is 2. The van der Waals surface area contributed by atoms with Crippen molar-refractivity contribution in [3.63, 3.8) is 0 Å². The molecule has 0 atom stereocenters. The molecule has 22 heavy (non-hydrogen) atoms. The Morgan fingerprint density at radius 1 is 1.09 bits per heavy atom. The van der Waals surface area contributed by atoms with E-state index in [1.807, 2.05) is 31.2 Å². The molecule has 0 radical (unpaired) electrons. The predicted octanol–water partition coefficient (Wildman–Crippen LogP) is 3.25. The average molecular weight is 294 g/mol. The minimum absolute atomic E-state index is 0.00271. The summed E-state index contributed by atoms with van der Waals surface area (Å²) in [4.78, 5) is 11.5. The maximum absolute atomic E-state index is 11.5. The number of aromatic hydroxyl groups is 1. The van der Waals surface area contributed by atoms with Crippen molar-refractivity contribution in [3.8, 4) is 22.7 Å². The first-order chi connectivity index (χ1) is 10.6. The van der Waals surface area contributed by atoms with Crippen molar-refractivity contribution < 1.29 is 15.0 Å². The zero-order chi connectivity index (χ0) is 15.7. The Bertz CT molecular complexity index is 835. The van der Waals surface area contributed by atoms with E-state index in [9.17, 15) is 15.0 Å². The normalized spacial score (nSPS) is 10.6. The molecule has 0 bridgehead atoms. The number of carboxylic acids is 1. The smallest absolute Gasteiger partial charge is 0.354 e. The van der Waals surface area contributed by atoms with Gasteiger partial charge in [-0.15, -0.1) is 0 Å². The van der Waals surface area contributed by atoms with Crippen LogP contribution in [0.1, 0.15) is 16.1 Å². The van der Waals surface area contributed by atoms with Crippen LogP contribution in [0.2, 0.25) is 0 Å². The molecule has 0 aliphatic heterocycles. The topological polar surface area (TPSA) is 75.3 Å². The lowest BCUT2D eigenvalue weighted by molar-refractivity contribution is 0.0687. The van der Waals surface area contributed by atoms with E-state index in [-0.39, 0.29) is 11.4 Å². The number of benzene rings is 2. The Hall–Kier alpha value is -3.08. The molecule has 0 aliphatic rings. The van der Waals surface area contributed by atoms with E-state index in [1.165, 1.54) is 16.8 Å². The second kappa shape index (κ2) is 5.37. The van der Waals surface area contributed by atoms with Crippen LogP contribution in [-0.4, -0.2) is 26.0 Å². The second-order valence-electron chi connectivity index (χ2n) is 4.99. The fraction of sp³-hybridized carbons (Fsp3) is 0.0588. The third kappa shape index (κ3) is 2.44. The van der Waals surface area contributed by atoms with Crippen molar-refractivity contribution in [2.75, 3.05) is 0 Å². The number of carbonyl (C=O) groups is 1. The van der Waals surface area contributed by atoms with E-state index in [0.29, 0.717) is 11.4 Å². The molecular formula is C17H14N2O3. The molecule has 0 amide bonds. The van der Waals surface area contributed by atoms with Gasteiger partial charge in [-0.1, -0.05) is 42.0 Å². The molecule has 2 N–H and O–H groups in total. The monoisotopic (exact) mass is 294 g/mol. The van der Waals surface area contributed by atoms with Gasteiger partial charge in [0.1, 0.15) is 11.4 Å². The fourth-order valence-electron chi connectivity index (χ4n) is 2.23. The van der Waals surface area contributed by atoms with Crippen LogP contribution in [0.4, 0.5) is 0 Å². The number of aryl methyl sites for hydroxylation is 1. The highest BCUT2D eigenvalue weighted by Crippen LogP contribution is 2.26. The first-order valence-corrected chi connectivity index (χ1v) is 6.75. The number of hydrogen-bond donors (Lipinski definition) is 2. The molecule has 1 heterocycles. The average Bonchev–Trinajstić information content (AvgIpc) is 2.93. The molecule has 5 heteroatoms. The summed E-state index contributed by atoms with van der Waals surface area (Å²) >= 11 is 0. The highest BCUT2D eigenvalue weighted by atomic mass is 16.4. The minimum atomic E-state index is -1.10. The molecule has 3 rings (SSSR count). The Kier molecular flexibility index (Phi) is 3.39. The fourth-order valence-corrected chi connectivity index (χ4v) is 2.23. The Labute approximate surface area is 127 Å². The third-order valence-electron chi connectivity index (χ3n) is 3.39. The first-order valence-electron chi connectivity index (χ1n) is 6.75. The van der Waals surface area contributed by atoms with Crippen LogP contribution in [0.25, 0.3) is 16.9 Å². The number of phenols is 1. The summed E-state index contributed by atoms with van der Waals surface area (Å²) in [5, 5.41) is 23.7. The van der Waals surface area contributed by atoms with Crippen LogP contribution in [0.3, 0.4) is 0 Å². The van der Waals surface area contributed by atoms with E-state index in [0.717, 1.165) is 11.1 Å². The lowest BCUT2D eigenvalue weighted by Crippen LogP contribution is -2.07. The molecule has 2 aromatic carbocycles. The van der Waals surface area contributed by atoms with Gasteiger partial charge >= 0.3 is 5.97 Å². The molecule has 1 aromatic heterocycles. The summed E-state index contributed by atoms with van der Waals surface area (Å²) in [5.74, 6) is -1.13. The predicted molar refractivity (Wildman–Crippen MR) is 82.4 cm³/mol. The van der Waals surface area contributed by atoms with Crippen LogP contribution in [-0.2, 0) is 0 Å². The van der Waals surface area contributed by atoms with Crippen LogP contribution >= 0.6 is 0 Å². The SMILES string of the molecule is Cc1ccc(-c2cc(C(=O)O)n(-c3ccccc3O)n2)cc1. The van der Waals surface area contributed by atoms with Crippen molar-refractivity contribution in [3.05, 3.63) is 65.9 Å². The summed E-state index contributed by atoms with van der Waals surface area (Å²) in [7, 11) is 0. The summed E-state index contributed by atoms with van der Waals surface area (Å²) in [6, 6.07) is 15.7. The van der Waals surface area contributed by atoms with Gasteiger partial charge in [0, 0.05) is 5.56 Å². The van der Waals surface area contributed by atoms with Crippen molar-refractivity contribution in [2.24, 2.45) is 0 Å². The van der Waals surface area contributed by atoms with Gasteiger partial charge in [0.2, 0.25) is 0 Å². The maximum Gasteiger partial charge on any atom is 0.354 e. The lowest BCUT2D eigenvalue weighted by Gasteiger charge is -2.06. The summed E-state index contributed by atoms with van der Waals surface area (Å²) < 4.78 is 1.24. The molecule has 110 valence electrons. The van der Waals surface area contributed by atoms with Crippen LogP contribution in [0.15, 0.2) is 54.6 Å². The molecule has 0 saturated heterocycles. The standard InChI is InChI=1S/C17H14N2O3/c1-11-6-8-12(9-7-11)13-10-15(17(21)22)19(18-13)14-4-2-3-5-16(14)20/h2-10,20H,1H3,(H,21,22). The van der Waals surface area contributed by atoms with Gasteiger partial charge in [-0.05, 0) is 25.1 Å². The number of para-hydroxylation sites is 2. The molecule has 0 fully saturated rings. The number of rotatable bonds is 3. The van der Waals surface area contributed by atoms with Gasteiger partial charge in [0.05, 0.1) is 5.69 Å². The number of carboxylic acid groups (broad SMARTS) is 1. The van der Waals surface area contributed by atoms with E-state index in [2.05, 4.69) is 5.10 Å². The van der Waals surface area contributed by atoms with E-state index in [1.54, 1.807) is 18.2 Å². The van der Waals surface area contributed by atoms with Gasteiger partial charge < -0.3 is 10.2 Å². The van der Waals surface area contributed by atoms with Gasteiger partial charge in [0.25, 0.3) is 0 Å². The van der Waals surface area contributed by atoms with Gasteiger partial charge in [-0.25, -0.2) is 9.48 Å². The Morgan fingerprint density at radius 3 is 2.41 bits per heavy atom. The molecule has 3 aromatic rings. The van der Waals surface area contributed by atoms with E-state index in [4.69, 9.17) is 0 Å². The quantitative estimate of drug-likeness (QED) is 0.777. The van der Waals surface area contributed by atoms with Crippen molar-refractivity contribution in [1.82, 2.24) is 9.78 Å². The van der Waals surface area contributed by atoms with Crippen molar-refractivity contribution in [2.45, 2.75) is 6.92 Å². The maximum atomic E-state index is 11.5. The molecule has 0 spiro atoms. The zero-order valence-corrected chi connectivity index (χ0v) is 11.9. The van der Waals surface area contributed by atoms with Crippen LogP contribution < -0.4 is 0 Å². The van der Waals surface area contributed by atoms with Crippen LogP contribution in [0, 0.1) is 6.92 Å². The summed E-state index contributed by atoms with van der Waals surface area (Å²) in [6.07, 6.45) is 0. The van der Waals surface area contributed by atoms with Crippen LogP contribution in [0.5, 0.6) is 5.75 Å². The Balaban J connectivity index is 2.17. The van der Waals surface area contributed by atoms with E-state index >= 15 is 0 Å². The Morgan fingerprint density at radius 2 is 1.77 bits per heavy atom. The number of hydrogen-bond acceptors (Lipinski definition) is 3. The summed E-state index contributed by atoms with van der Waals surface area (Å²) in [6.45, 7) is 1.98. The molecule has 0 saturated carbocycles.